The molecule has 7 nitrogen and oxygen atoms in total. The number of phosphoric acid groups is 1. The van der Waals surface area contributed by atoms with Crippen LogP contribution >= 0.6 is 7.82 Å². The van der Waals surface area contributed by atoms with Crippen molar-refractivity contribution in [3.05, 3.63) is 0 Å². The Morgan fingerprint density at radius 1 is 0.559 bits per heavy atom. The number of carboxylic acid groups (broad SMARTS) is 1. The number of carbonyl (C=O) groups is 1. The van der Waals surface area contributed by atoms with Crippen molar-refractivity contribution in [1.29, 1.82) is 0 Å². The number of hydrogen-bond donors (Lipinski definition) is 5. The number of unbranched alkanes of at least 4 members (excludes halogenated alkanes) is 19. The van der Waals surface area contributed by atoms with Gasteiger partial charge in [0.2, 0.25) is 0 Å². The molecular formula is C26H56NO6P. The minimum absolute atomic E-state index is 0.343. The molecule has 0 bridgehead atoms. The topological polar surface area (TPSA) is 127 Å². The molecule has 8 heteroatoms. The second-order valence-electron chi connectivity index (χ2n) is 9.48. The van der Waals surface area contributed by atoms with Crippen LogP contribution in [-0.4, -0.2) is 38.8 Å². The Labute approximate surface area is 209 Å². The summed E-state index contributed by atoms with van der Waals surface area (Å²) < 4.78 is 8.88. The SMILES string of the molecule is CCCCCCCCCCNCCCCCCCCCCCCCCCC(=O)O.O=P(O)(O)O. The lowest BCUT2D eigenvalue weighted by Gasteiger charge is -2.05. The van der Waals surface area contributed by atoms with Crippen molar-refractivity contribution in [3.8, 4) is 0 Å². The number of aliphatic carboxylic acids is 1. The molecule has 0 aliphatic heterocycles. The molecule has 34 heavy (non-hydrogen) atoms. The molecule has 0 atom stereocenters. The van der Waals surface area contributed by atoms with Crippen molar-refractivity contribution in [2.24, 2.45) is 0 Å². The van der Waals surface area contributed by atoms with Crippen molar-refractivity contribution < 1.29 is 29.1 Å². The quantitative estimate of drug-likeness (QED) is 0.0643. The third kappa shape index (κ3) is 45.1. The molecule has 0 saturated heterocycles. The van der Waals surface area contributed by atoms with Crippen LogP contribution in [0.25, 0.3) is 0 Å². The second-order valence-corrected chi connectivity index (χ2v) is 10.5. The number of carboxylic acids is 1. The van der Waals surface area contributed by atoms with Gasteiger partial charge in [0, 0.05) is 6.42 Å². The van der Waals surface area contributed by atoms with Crippen LogP contribution in [-0.2, 0) is 9.36 Å². The lowest BCUT2D eigenvalue weighted by Crippen LogP contribution is -2.16. The molecule has 206 valence electrons. The van der Waals surface area contributed by atoms with Gasteiger partial charge < -0.3 is 25.1 Å². The maximum absolute atomic E-state index is 10.4. The van der Waals surface area contributed by atoms with Gasteiger partial charge in [-0.25, -0.2) is 4.57 Å². The van der Waals surface area contributed by atoms with Crippen molar-refractivity contribution in [2.75, 3.05) is 13.1 Å². The molecular weight excluding hydrogens is 453 g/mol. The molecule has 0 rings (SSSR count). The molecule has 0 fully saturated rings. The van der Waals surface area contributed by atoms with Gasteiger partial charge in [0.1, 0.15) is 0 Å². The highest BCUT2D eigenvalue weighted by atomic mass is 31.2. The van der Waals surface area contributed by atoms with Gasteiger partial charge in [-0.3, -0.25) is 4.79 Å². The fourth-order valence-electron chi connectivity index (χ4n) is 3.98. The van der Waals surface area contributed by atoms with E-state index in [-0.39, 0.29) is 0 Å². The first-order valence-corrected chi connectivity index (χ1v) is 15.5. The molecule has 0 radical (unpaired) electrons. The third-order valence-corrected chi connectivity index (χ3v) is 5.95. The Balaban J connectivity index is 0. The average Bonchev–Trinajstić information content (AvgIpc) is 2.75. The van der Waals surface area contributed by atoms with E-state index in [1.807, 2.05) is 0 Å². The fourth-order valence-corrected chi connectivity index (χ4v) is 3.98. The Hall–Kier alpha value is -0.460. The fraction of sp³-hybridized carbons (Fsp3) is 0.962. The smallest absolute Gasteiger partial charge is 0.466 e. The summed E-state index contributed by atoms with van der Waals surface area (Å²) in [6, 6.07) is 0. The molecule has 0 aliphatic rings. The van der Waals surface area contributed by atoms with Crippen LogP contribution in [0.3, 0.4) is 0 Å². The van der Waals surface area contributed by atoms with Crippen LogP contribution in [0.5, 0.6) is 0 Å². The maximum atomic E-state index is 10.4. The molecule has 5 N–H and O–H groups in total. The van der Waals surface area contributed by atoms with Crippen molar-refractivity contribution in [3.63, 3.8) is 0 Å². The predicted octanol–water partition coefficient (Wildman–Crippen LogP) is 7.33. The van der Waals surface area contributed by atoms with Crippen LogP contribution in [0.1, 0.15) is 148 Å². The van der Waals surface area contributed by atoms with Gasteiger partial charge >= 0.3 is 13.8 Å². The van der Waals surface area contributed by atoms with Gasteiger partial charge in [0.05, 0.1) is 0 Å². The van der Waals surface area contributed by atoms with E-state index in [1.54, 1.807) is 0 Å². The van der Waals surface area contributed by atoms with Gasteiger partial charge in [-0.05, 0) is 32.4 Å². The van der Waals surface area contributed by atoms with Gasteiger partial charge in [-0.15, -0.1) is 0 Å². The largest absolute Gasteiger partial charge is 0.481 e. The molecule has 0 aromatic rings. The van der Waals surface area contributed by atoms with E-state index >= 15 is 0 Å². The summed E-state index contributed by atoms with van der Waals surface area (Å²) in [6.45, 7) is 4.71. The first-order valence-electron chi connectivity index (χ1n) is 14.0. The highest BCUT2D eigenvalue weighted by Crippen LogP contribution is 2.25. The van der Waals surface area contributed by atoms with Crippen molar-refractivity contribution in [2.45, 2.75) is 148 Å². The van der Waals surface area contributed by atoms with Gasteiger partial charge in [0.25, 0.3) is 0 Å². The van der Waals surface area contributed by atoms with E-state index in [0.717, 1.165) is 12.8 Å². The van der Waals surface area contributed by atoms with Gasteiger partial charge in [-0.2, -0.15) is 0 Å². The average molecular weight is 510 g/mol. The van der Waals surface area contributed by atoms with Crippen LogP contribution in [0.2, 0.25) is 0 Å². The first kappa shape index (κ1) is 35.7. The molecule has 0 spiro atoms. The zero-order valence-electron chi connectivity index (χ0n) is 22.0. The predicted molar refractivity (Wildman–Crippen MR) is 142 cm³/mol. The van der Waals surface area contributed by atoms with E-state index in [9.17, 15) is 4.79 Å². The maximum Gasteiger partial charge on any atom is 0.466 e. The Morgan fingerprint density at radius 3 is 1.12 bits per heavy atom. The van der Waals surface area contributed by atoms with Gasteiger partial charge in [0.15, 0.2) is 0 Å². The summed E-state index contributed by atoms with van der Waals surface area (Å²) in [5.74, 6) is -0.653. The van der Waals surface area contributed by atoms with Crippen LogP contribution in [0.4, 0.5) is 0 Å². The first-order chi connectivity index (χ1) is 16.3. The normalized spacial score (nSPS) is 11.3. The van der Waals surface area contributed by atoms with E-state index in [0.29, 0.717) is 6.42 Å². The minimum Gasteiger partial charge on any atom is -0.481 e. The Morgan fingerprint density at radius 2 is 0.824 bits per heavy atom. The Bertz CT molecular complexity index is 450. The Kier molecular flexibility index (Phi) is 30.2. The number of hydrogen-bond acceptors (Lipinski definition) is 3. The molecule has 0 unspecified atom stereocenters. The minimum atomic E-state index is -4.64. The molecule has 0 amide bonds. The molecule has 0 aromatic heterocycles. The summed E-state index contributed by atoms with van der Waals surface area (Å²) in [4.78, 5) is 32.0. The lowest BCUT2D eigenvalue weighted by atomic mass is 10.0. The van der Waals surface area contributed by atoms with E-state index in [4.69, 9.17) is 24.4 Å². The summed E-state index contributed by atoms with van der Waals surface area (Å²) in [5.41, 5.74) is 0. The summed E-state index contributed by atoms with van der Waals surface area (Å²) >= 11 is 0. The van der Waals surface area contributed by atoms with Crippen LogP contribution in [0.15, 0.2) is 0 Å². The third-order valence-electron chi connectivity index (χ3n) is 5.95. The van der Waals surface area contributed by atoms with Crippen molar-refractivity contribution in [1.82, 2.24) is 5.32 Å². The van der Waals surface area contributed by atoms with E-state index in [1.165, 1.54) is 135 Å². The van der Waals surface area contributed by atoms with Crippen LogP contribution < -0.4 is 5.32 Å². The zero-order valence-corrected chi connectivity index (χ0v) is 22.9. The molecule has 0 aromatic carbocycles. The lowest BCUT2D eigenvalue weighted by molar-refractivity contribution is -0.137. The van der Waals surface area contributed by atoms with Gasteiger partial charge in [-0.1, -0.05) is 122 Å². The summed E-state index contributed by atoms with van der Waals surface area (Å²) in [7, 11) is -4.64. The second kappa shape index (κ2) is 28.8. The number of rotatable bonds is 25. The number of nitrogens with one attached hydrogen (secondary N) is 1. The molecule has 0 heterocycles. The summed E-state index contributed by atoms with van der Waals surface area (Å²) in [5, 5.41) is 12.2. The monoisotopic (exact) mass is 509 g/mol. The van der Waals surface area contributed by atoms with E-state index in [2.05, 4.69) is 12.2 Å². The van der Waals surface area contributed by atoms with E-state index < -0.39 is 13.8 Å². The molecule has 0 saturated carbocycles. The van der Waals surface area contributed by atoms with Crippen molar-refractivity contribution >= 4 is 13.8 Å². The van der Waals surface area contributed by atoms with Crippen LogP contribution in [0, 0.1) is 0 Å². The summed E-state index contributed by atoms with van der Waals surface area (Å²) in [6.07, 6.45) is 28.5. The highest BCUT2D eigenvalue weighted by Gasteiger charge is 2.00. The molecule has 0 aliphatic carbocycles. The highest BCUT2D eigenvalue weighted by molar-refractivity contribution is 7.45. The standard InChI is InChI=1S/C26H53NO2.H3O4P/c1-2-3-4-5-6-15-18-21-24-27-25-22-19-16-13-11-9-7-8-10-12-14-17-20-23-26(28)29;1-5(2,3)4/h27H,2-25H2,1H3,(H,28,29);(H3,1,2,3,4). The zero-order chi connectivity index (χ0) is 25.8.